The van der Waals surface area contributed by atoms with Crippen LogP contribution in [0.2, 0.25) is 0 Å². The fourth-order valence-corrected chi connectivity index (χ4v) is 1.33. The molecular weight excluding hydrogens is 235 g/mol. The van der Waals surface area contributed by atoms with Gasteiger partial charge in [-0.1, -0.05) is 0 Å². The van der Waals surface area contributed by atoms with E-state index in [4.69, 9.17) is 0 Å². The first-order valence-corrected chi connectivity index (χ1v) is 5.05. The van der Waals surface area contributed by atoms with Crippen LogP contribution in [0.25, 0.3) is 0 Å². The largest absolute Gasteiger partial charge is 0.466 e. The molecule has 0 spiro atoms. The van der Waals surface area contributed by atoms with Crippen molar-refractivity contribution in [2.45, 2.75) is 26.7 Å². The molecule has 0 radical (unpaired) electrons. The van der Waals surface area contributed by atoms with Gasteiger partial charge in [0.05, 0.1) is 18.7 Å². The standard InChI is InChI=1S/C11H12F3NO2/c1-3-17-9(16)5-7-10(12)6(2)4-8(15-7)11(13)14/h4,11H,3,5H2,1-2H3. The number of rotatable bonds is 4. The molecule has 0 aromatic carbocycles. The van der Waals surface area contributed by atoms with Crippen LogP contribution < -0.4 is 0 Å². The van der Waals surface area contributed by atoms with Crippen LogP contribution in [-0.4, -0.2) is 17.6 Å². The summed E-state index contributed by atoms with van der Waals surface area (Å²) < 4.78 is 43.0. The maximum absolute atomic E-state index is 13.5. The molecule has 17 heavy (non-hydrogen) atoms. The molecule has 0 fully saturated rings. The van der Waals surface area contributed by atoms with Gasteiger partial charge in [-0.15, -0.1) is 0 Å². The van der Waals surface area contributed by atoms with Crippen LogP contribution in [0, 0.1) is 12.7 Å². The average molecular weight is 247 g/mol. The molecule has 6 heteroatoms. The Morgan fingerprint density at radius 2 is 2.18 bits per heavy atom. The third-order valence-corrected chi connectivity index (χ3v) is 2.07. The van der Waals surface area contributed by atoms with Crippen molar-refractivity contribution in [3.63, 3.8) is 0 Å². The summed E-state index contributed by atoms with van der Waals surface area (Å²) in [5.41, 5.74) is -0.809. The monoisotopic (exact) mass is 247 g/mol. The van der Waals surface area contributed by atoms with Gasteiger partial charge >= 0.3 is 5.97 Å². The van der Waals surface area contributed by atoms with E-state index in [0.717, 1.165) is 6.07 Å². The molecule has 0 atom stereocenters. The zero-order valence-electron chi connectivity index (χ0n) is 9.47. The molecule has 1 rings (SSSR count). The second kappa shape index (κ2) is 5.65. The molecule has 1 heterocycles. The number of aromatic nitrogens is 1. The van der Waals surface area contributed by atoms with E-state index in [0.29, 0.717) is 0 Å². The minimum absolute atomic E-state index is 0.0367. The van der Waals surface area contributed by atoms with Crippen molar-refractivity contribution in [2.24, 2.45) is 0 Å². The molecule has 1 aromatic rings. The van der Waals surface area contributed by atoms with Crippen LogP contribution in [0.5, 0.6) is 0 Å². The molecule has 94 valence electrons. The van der Waals surface area contributed by atoms with Crippen LogP contribution in [-0.2, 0) is 16.0 Å². The highest BCUT2D eigenvalue weighted by Crippen LogP contribution is 2.21. The number of carbonyl (C=O) groups is 1. The van der Waals surface area contributed by atoms with E-state index in [1.165, 1.54) is 6.92 Å². The van der Waals surface area contributed by atoms with Gasteiger partial charge < -0.3 is 4.74 Å². The number of pyridine rings is 1. The lowest BCUT2D eigenvalue weighted by atomic mass is 10.1. The van der Waals surface area contributed by atoms with E-state index in [-0.39, 0.29) is 17.9 Å². The molecule has 0 N–H and O–H groups in total. The van der Waals surface area contributed by atoms with E-state index in [1.807, 2.05) is 0 Å². The first-order chi connectivity index (χ1) is 7.95. The van der Waals surface area contributed by atoms with Gasteiger partial charge in [-0.3, -0.25) is 4.79 Å². The second-order valence-electron chi connectivity index (χ2n) is 3.41. The molecule has 0 bridgehead atoms. The summed E-state index contributed by atoms with van der Waals surface area (Å²) >= 11 is 0. The Morgan fingerprint density at radius 1 is 1.53 bits per heavy atom. The average Bonchev–Trinajstić information content (AvgIpc) is 2.24. The topological polar surface area (TPSA) is 39.2 Å². The van der Waals surface area contributed by atoms with Crippen molar-refractivity contribution in [2.75, 3.05) is 6.61 Å². The molecule has 0 saturated carbocycles. The van der Waals surface area contributed by atoms with Crippen molar-refractivity contribution in [3.05, 3.63) is 28.8 Å². The molecular formula is C11H12F3NO2. The Bertz CT molecular complexity index is 421. The number of carbonyl (C=O) groups excluding carboxylic acids is 1. The summed E-state index contributed by atoms with van der Waals surface area (Å²) in [4.78, 5) is 14.6. The quantitative estimate of drug-likeness (QED) is 0.767. The summed E-state index contributed by atoms with van der Waals surface area (Å²) in [6, 6.07) is 0.967. The second-order valence-corrected chi connectivity index (χ2v) is 3.41. The van der Waals surface area contributed by atoms with Crippen molar-refractivity contribution in [3.8, 4) is 0 Å². The lowest BCUT2D eigenvalue weighted by Gasteiger charge is -2.08. The number of nitrogens with zero attached hydrogens (tertiary/aromatic N) is 1. The van der Waals surface area contributed by atoms with E-state index in [1.54, 1.807) is 6.92 Å². The highest BCUT2D eigenvalue weighted by Gasteiger charge is 2.18. The van der Waals surface area contributed by atoms with Crippen LogP contribution >= 0.6 is 0 Å². The number of esters is 1. The normalized spacial score (nSPS) is 10.7. The van der Waals surface area contributed by atoms with Crippen molar-refractivity contribution >= 4 is 5.97 Å². The molecule has 1 aromatic heterocycles. The molecule has 0 saturated heterocycles. The first-order valence-electron chi connectivity index (χ1n) is 5.05. The molecule has 3 nitrogen and oxygen atoms in total. The first kappa shape index (κ1) is 13.5. The third kappa shape index (κ3) is 3.44. The molecule has 0 aliphatic rings. The van der Waals surface area contributed by atoms with E-state index in [2.05, 4.69) is 9.72 Å². The molecule has 0 aliphatic heterocycles. The SMILES string of the molecule is CCOC(=O)Cc1nc(C(F)F)cc(C)c1F. The highest BCUT2D eigenvalue weighted by molar-refractivity contribution is 5.72. The maximum atomic E-state index is 13.5. The molecule has 0 unspecified atom stereocenters. The predicted octanol–water partition coefficient (Wildman–Crippen LogP) is 2.57. The highest BCUT2D eigenvalue weighted by atomic mass is 19.3. The number of aryl methyl sites for hydroxylation is 1. The minimum atomic E-state index is -2.80. The van der Waals surface area contributed by atoms with Gasteiger partial charge in [0.1, 0.15) is 11.5 Å². The van der Waals surface area contributed by atoms with Crippen LogP contribution in [0.15, 0.2) is 6.07 Å². The van der Waals surface area contributed by atoms with Crippen LogP contribution in [0.3, 0.4) is 0 Å². The lowest BCUT2D eigenvalue weighted by molar-refractivity contribution is -0.142. The molecule has 0 amide bonds. The van der Waals surface area contributed by atoms with Crippen molar-refractivity contribution in [1.82, 2.24) is 4.98 Å². The van der Waals surface area contributed by atoms with E-state index >= 15 is 0 Å². The number of hydrogen-bond acceptors (Lipinski definition) is 3. The van der Waals surface area contributed by atoms with Crippen molar-refractivity contribution in [1.29, 1.82) is 0 Å². The summed E-state index contributed by atoms with van der Waals surface area (Å²) in [7, 11) is 0. The minimum Gasteiger partial charge on any atom is -0.466 e. The Labute approximate surface area is 96.6 Å². The van der Waals surface area contributed by atoms with Crippen LogP contribution in [0.4, 0.5) is 13.2 Å². The Balaban J connectivity index is 3.01. The third-order valence-electron chi connectivity index (χ3n) is 2.07. The van der Waals surface area contributed by atoms with Crippen molar-refractivity contribution < 1.29 is 22.7 Å². The van der Waals surface area contributed by atoms with Crippen LogP contribution in [0.1, 0.15) is 30.3 Å². The van der Waals surface area contributed by atoms with Gasteiger partial charge in [-0.25, -0.2) is 18.2 Å². The van der Waals surface area contributed by atoms with Gasteiger partial charge in [-0.2, -0.15) is 0 Å². The number of ether oxygens (including phenoxy) is 1. The summed E-state index contributed by atoms with van der Waals surface area (Å²) in [5, 5.41) is 0. The Morgan fingerprint density at radius 3 is 2.71 bits per heavy atom. The van der Waals surface area contributed by atoms with Gasteiger partial charge in [0.15, 0.2) is 0 Å². The summed E-state index contributed by atoms with van der Waals surface area (Å²) in [6.45, 7) is 3.09. The Kier molecular flexibility index (Phi) is 4.48. The number of alkyl halides is 2. The zero-order chi connectivity index (χ0) is 13.0. The van der Waals surface area contributed by atoms with Gasteiger partial charge in [0, 0.05) is 0 Å². The number of halogens is 3. The molecule has 0 aliphatic carbocycles. The lowest BCUT2D eigenvalue weighted by Crippen LogP contribution is -2.12. The van der Waals surface area contributed by atoms with Gasteiger partial charge in [0.2, 0.25) is 0 Å². The smallest absolute Gasteiger partial charge is 0.311 e. The fourth-order valence-electron chi connectivity index (χ4n) is 1.33. The van der Waals surface area contributed by atoms with Gasteiger partial charge in [-0.05, 0) is 25.5 Å². The summed E-state index contributed by atoms with van der Waals surface area (Å²) in [5.74, 6) is -1.44. The summed E-state index contributed by atoms with van der Waals surface area (Å²) in [6.07, 6.45) is -3.24. The van der Waals surface area contributed by atoms with Gasteiger partial charge in [0.25, 0.3) is 6.43 Å². The van der Waals surface area contributed by atoms with E-state index < -0.39 is 30.3 Å². The predicted molar refractivity (Wildman–Crippen MR) is 54.2 cm³/mol. The maximum Gasteiger partial charge on any atom is 0.311 e. The zero-order valence-corrected chi connectivity index (χ0v) is 9.47. The Hall–Kier alpha value is -1.59. The number of hydrogen-bond donors (Lipinski definition) is 0. The fraction of sp³-hybridized carbons (Fsp3) is 0.455. The van der Waals surface area contributed by atoms with E-state index in [9.17, 15) is 18.0 Å².